The second-order valence-electron chi connectivity index (χ2n) is 5.39. The van der Waals surface area contributed by atoms with Gasteiger partial charge in [-0.25, -0.2) is 4.79 Å². The van der Waals surface area contributed by atoms with Gasteiger partial charge in [0.25, 0.3) is 5.91 Å². The summed E-state index contributed by atoms with van der Waals surface area (Å²) in [5.74, 6) is -0.633. The van der Waals surface area contributed by atoms with Crippen LogP contribution < -0.4 is 4.90 Å². The van der Waals surface area contributed by atoms with Crippen LogP contribution in [0.3, 0.4) is 0 Å². The number of aryl methyl sites for hydroxylation is 1. The SMILES string of the molecule is COC(=O)C1CCc2ccccc2N1C(=O)c1ccc(Cl)cc1. The highest BCUT2D eigenvalue weighted by atomic mass is 35.5. The fourth-order valence-electron chi connectivity index (χ4n) is 2.89. The van der Waals surface area contributed by atoms with Crippen LogP contribution in [0, 0.1) is 0 Å². The number of fused-ring (bicyclic) bond motifs is 1. The van der Waals surface area contributed by atoms with Crippen molar-refractivity contribution in [2.24, 2.45) is 0 Å². The first-order valence-electron chi connectivity index (χ1n) is 7.36. The summed E-state index contributed by atoms with van der Waals surface area (Å²) in [5, 5.41) is 0.560. The fraction of sp³-hybridized carbons (Fsp3) is 0.222. The number of carbonyl (C=O) groups excluding carboxylic acids is 2. The van der Waals surface area contributed by atoms with E-state index < -0.39 is 12.0 Å². The minimum Gasteiger partial charge on any atom is -0.467 e. The maximum atomic E-state index is 13.0. The second kappa shape index (κ2) is 6.42. The Morgan fingerprint density at radius 2 is 1.83 bits per heavy atom. The number of esters is 1. The first-order valence-corrected chi connectivity index (χ1v) is 7.74. The molecule has 2 aromatic carbocycles. The number of benzene rings is 2. The Morgan fingerprint density at radius 1 is 1.13 bits per heavy atom. The van der Waals surface area contributed by atoms with Gasteiger partial charge >= 0.3 is 5.97 Å². The third-order valence-corrected chi connectivity index (χ3v) is 4.29. The highest BCUT2D eigenvalue weighted by Gasteiger charge is 2.36. The number of hydrogen-bond acceptors (Lipinski definition) is 3. The van der Waals surface area contributed by atoms with Crippen LogP contribution in [0.4, 0.5) is 5.69 Å². The molecule has 1 atom stereocenters. The van der Waals surface area contributed by atoms with Crippen LogP contribution in [0.1, 0.15) is 22.3 Å². The molecule has 0 radical (unpaired) electrons. The summed E-state index contributed by atoms with van der Waals surface area (Å²) >= 11 is 5.89. The van der Waals surface area contributed by atoms with Gasteiger partial charge in [-0.15, -0.1) is 0 Å². The molecule has 118 valence electrons. The Hall–Kier alpha value is -2.33. The summed E-state index contributed by atoms with van der Waals surface area (Å²) < 4.78 is 4.89. The molecule has 0 N–H and O–H groups in total. The number of methoxy groups -OCH3 is 1. The molecule has 0 aliphatic carbocycles. The smallest absolute Gasteiger partial charge is 0.328 e. The van der Waals surface area contributed by atoms with Crippen molar-refractivity contribution < 1.29 is 14.3 Å². The highest BCUT2D eigenvalue weighted by molar-refractivity contribution is 6.30. The number of para-hydroxylation sites is 1. The Labute approximate surface area is 139 Å². The topological polar surface area (TPSA) is 46.6 Å². The van der Waals surface area contributed by atoms with E-state index in [0.29, 0.717) is 17.0 Å². The number of rotatable bonds is 2. The van der Waals surface area contributed by atoms with Crippen molar-refractivity contribution in [2.75, 3.05) is 12.0 Å². The number of nitrogens with zero attached hydrogens (tertiary/aromatic N) is 1. The molecule has 1 aliphatic heterocycles. The van der Waals surface area contributed by atoms with Crippen molar-refractivity contribution in [2.45, 2.75) is 18.9 Å². The van der Waals surface area contributed by atoms with Gasteiger partial charge in [0, 0.05) is 16.3 Å². The van der Waals surface area contributed by atoms with Gasteiger partial charge in [-0.05, 0) is 48.7 Å². The van der Waals surface area contributed by atoms with Crippen molar-refractivity contribution >= 4 is 29.2 Å². The molecule has 0 spiro atoms. The number of halogens is 1. The molecular weight excluding hydrogens is 314 g/mol. The molecule has 0 fully saturated rings. The van der Waals surface area contributed by atoms with Crippen molar-refractivity contribution in [3.05, 3.63) is 64.7 Å². The monoisotopic (exact) mass is 329 g/mol. The lowest BCUT2D eigenvalue weighted by Gasteiger charge is -2.35. The van der Waals surface area contributed by atoms with E-state index in [0.717, 1.165) is 17.7 Å². The normalized spacial score (nSPS) is 16.6. The zero-order chi connectivity index (χ0) is 16.4. The first kappa shape index (κ1) is 15.6. The number of hydrogen-bond donors (Lipinski definition) is 0. The van der Waals surface area contributed by atoms with Crippen LogP contribution in [-0.4, -0.2) is 25.0 Å². The average molecular weight is 330 g/mol. The van der Waals surface area contributed by atoms with E-state index in [1.807, 2.05) is 24.3 Å². The van der Waals surface area contributed by atoms with E-state index in [9.17, 15) is 9.59 Å². The number of anilines is 1. The standard InChI is InChI=1S/C18H16ClNO3/c1-23-18(22)16-11-8-12-4-2-3-5-15(12)20(16)17(21)13-6-9-14(19)10-7-13/h2-7,9-10,16H,8,11H2,1H3. The molecule has 23 heavy (non-hydrogen) atoms. The quantitative estimate of drug-likeness (QED) is 0.792. The Bertz CT molecular complexity index is 742. The van der Waals surface area contributed by atoms with Crippen molar-refractivity contribution in [1.29, 1.82) is 0 Å². The van der Waals surface area contributed by atoms with Crippen LogP contribution in [0.5, 0.6) is 0 Å². The summed E-state index contributed by atoms with van der Waals surface area (Å²) in [6.45, 7) is 0. The minimum atomic E-state index is -0.613. The van der Waals surface area contributed by atoms with E-state index in [-0.39, 0.29) is 5.91 Å². The molecule has 4 nitrogen and oxygen atoms in total. The van der Waals surface area contributed by atoms with Gasteiger partial charge in [0.15, 0.2) is 0 Å². The molecule has 1 unspecified atom stereocenters. The molecule has 1 amide bonds. The maximum Gasteiger partial charge on any atom is 0.328 e. The van der Waals surface area contributed by atoms with Crippen LogP contribution in [0.25, 0.3) is 0 Å². The van der Waals surface area contributed by atoms with Gasteiger partial charge in [0.1, 0.15) is 6.04 Å². The zero-order valence-corrected chi connectivity index (χ0v) is 13.4. The predicted molar refractivity (Wildman–Crippen MR) is 88.8 cm³/mol. The van der Waals surface area contributed by atoms with Crippen LogP contribution in [0.15, 0.2) is 48.5 Å². The third-order valence-electron chi connectivity index (χ3n) is 4.03. The molecular formula is C18H16ClNO3. The van der Waals surface area contributed by atoms with Crippen molar-refractivity contribution in [1.82, 2.24) is 0 Å². The lowest BCUT2D eigenvalue weighted by molar-refractivity contribution is -0.142. The fourth-order valence-corrected chi connectivity index (χ4v) is 3.01. The van der Waals surface area contributed by atoms with Crippen LogP contribution in [-0.2, 0) is 16.0 Å². The number of carbonyl (C=O) groups is 2. The molecule has 0 saturated carbocycles. The van der Waals surface area contributed by atoms with Crippen molar-refractivity contribution in [3.8, 4) is 0 Å². The minimum absolute atomic E-state index is 0.232. The highest BCUT2D eigenvalue weighted by Crippen LogP contribution is 2.32. The number of amides is 1. The van der Waals surface area contributed by atoms with Crippen molar-refractivity contribution in [3.63, 3.8) is 0 Å². The predicted octanol–water partition coefficient (Wildman–Crippen LogP) is 3.47. The Morgan fingerprint density at radius 3 is 2.52 bits per heavy atom. The lowest BCUT2D eigenvalue weighted by atomic mass is 9.94. The molecule has 1 aliphatic rings. The van der Waals surface area contributed by atoms with Gasteiger partial charge in [0.2, 0.25) is 0 Å². The van der Waals surface area contributed by atoms with Crippen LogP contribution in [0.2, 0.25) is 5.02 Å². The van der Waals surface area contributed by atoms with Gasteiger partial charge in [0.05, 0.1) is 7.11 Å². The lowest BCUT2D eigenvalue weighted by Crippen LogP contribution is -2.48. The molecule has 1 heterocycles. The van der Waals surface area contributed by atoms with Gasteiger partial charge < -0.3 is 4.74 Å². The van der Waals surface area contributed by atoms with E-state index >= 15 is 0 Å². The molecule has 5 heteroatoms. The van der Waals surface area contributed by atoms with E-state index in [4.69, 9.17) is 16.3 Å². The van der Waals surface area contributed by atoms with Gasteiger partial charge in [-0.2, -0.15) is 0 Å². The largest absolute Gasteiger partial charge is 0.467 e. The summed E-state index contributed by atoms with van der Waals surface area (Å²) in [4.78, 5) is 26.7. The molecule has 2 aromatic rings. The average Bonchev–Trinajstić information content (AvgIpc) is 2.60. The molecule has 3 rings (SSSR count). The summed E-state index contributed by atoms with van der Waals surface area (Å²) in [6, 6.07) is 13.7. The second-order valence-corrected chi connectivity index (χ2v) is 5.82. The molecule has 0 aromatic heterocycles. The molecule has 0 bridgehead atoms. The van der Waals surface area contributed by atoms with E-state index in [2.05, 4.69) is 0 Å². The molecule has 0 saturated heterocycles. The van der Waals surface area contributed by atoms with Gasteiger partial charge in [-0.3, -0.25) is 9.69 Å². The van der Waals surface area contributed by atoms with E-state index in [1.165, 1.54) is 12.0 Å². The first-order chi connectivity index (χ1) is 11.1. The Balaban J connectivity index is 2.05. The maximum absolute atomic E-state index is 13.0. The third kappa shape index (κ3) is 2.94. The number of ether oxygens (including phenoxy) is 1. The summed E-state index contributed by atoms with van der Waals surface area (Å²) in [6.07, 6.45) is 1.28. The Kier molecular flexibility index (Phi) is 4.35. The summed E-state index contributed by atoms with van der Waals surface area (Å²) in [5.41, 5.74) is 2.30. The zero-order valence-electron chi connectivity index (χ0n) is 12.7. The van der Waals surface area contributed by atoms with E-state index in [1.54, 1.807) is 24.3 Å². The van der Waals surface area contributed by atoms with Gasteiger partial charge in [-0.1, -0.05) is 29.8 Å². The van der Waals surface area contributed by atoms with Crippen LogP contribution >= 0.6 is 11.6 Å². The summed E-state index contributed by atoms with van der Waals surface area (Å²) in [7, 11) is 1.34.